The van der Waals surface area contributed by atoms with E-state index >= 15 is 0 Å². The quantitative estimate of drug-likeness (QED) is 0.674. The number of anilines is 1. The number of aromatic nitrogens is 1. The Kier molecular flexibility index (Phi) is 1.40. The summed E-state index contributed by atoms with van der Waals surface area (Å²) in [5, 5.41) is 12.4. The highest BCUT2D eigenvalue weighted by Crippen LogP contribution is 2.28. The highest BCUT2D eigenvalue weighted by atomic mass is 32.1. The molecule has 11 heavy (non-hydrogen) atoms. The zero-order valence-electron chi connectivity index (χ0n) is 6.32. The Morgan fingerprint density at radius 1 is 1.73 bits per heavy atom. The highest BCUT2D eigenvalue weighted by molar-refractivity contribution is 7.13. The molecule has 0 amide bonds. The molecule has 0 radical (unpaired) electrons. The van der Waals surface area contributed by atoms with Crippen molar-refractivity contribution in [3.63, 3.8) is 0 Å². The summed E-state index contributed by atoms with van der Waals surface area (Å²) < 4.78 is 0. The van der Waals surface area contributed by atoms with Crippen LogP contribution in [0.1, 0.15) is 6.92 Å². The third-order valence-electron chi connectivity index (χ3n) is 1.75. The van der Waals surface area contributed by atoms with Gasteiger partial charge in [-0.25, -0.2) is 4.98 Å². The standard InChI is InChI=1S/C7H10N2OS/c1-7(10)4-9(5-7)6-8-2-3-11-6/h2-3,10H,4-5H2,1H3. The van der Waals surface area contributed by atoms with Crippen LogP contribution in [0.2, 0.25) is 0 Å². The molecule has 0 unspecified atom stereocenters. The average Bonchev–Trinajstić information content (AvgIpc) is 2.32. The highest BCUT2D eigenvalue weighted by Gasteiger charge is 2.37. The van der Waals surface area contributed by atoms with E-state index in [1.807, 2.05) is 12.3 Å². The van der Waals surface area contributed by atoms with Crippen molar-refractivity contribution < 1.29 is 5.11 Å². The molecule has 60 valence electrons. The van der Waals surface area contributed by atoms with Crippen molar-refractivity contribution >= 4 is 16.5 Å². The molecule has 0 bridgehead atoms. The summed E-state index contributed by atoms with van der Waals surface area (Å²) in [6, 6.07) is 0. The van der Waals surface area contributed by atoms with Gasteiger partial charge in [0.05, 0.1) is 18.7 Å². The number of thiazole rings is 1. The van der Waals surface area contributed by atoms with E-state index < -0.39 is 5.60 Å². The minimum absolute atomic E-state index is 0.494. The molecule has 1 aromatic heterocycles. The van der Waals surface area contributed by atoms with Crippen molar-refractivity contribution in [2.45, 2.75) is 12.5 Å². The van der Waals surface area contributed by atoms with E-state index in [4.69, 9.17) is 0 Å². The molecule has 4 heteroatoms. The maximum atomic E-state index is 9.42. The lowest BCUT2D eigenvalue weighted by molar-refractivity contribution is 0.0310. The van der Waals surface area contributed by atoms with Crippen LogP contribution >= 0.6 is 11.3 Å². The average molecular weight is 170 g/mol. The Balaban J connectivity index is 2.03. The van der Waals surface area contributed by atoms with Gasteiger partial charge in [0.15, 0.2) is 5.13 Å². The molecular formula is C7H10N2OS. The van der Waals surface area contributed by atoms with Crippen molar-refractivity contribution in [2.75, 3.05) is 18.0 Å². The first-order valence-corrected chi connectivity index (χ1v) is 4.42. The second kappa shape index (κ2) is 2.19. The van der Waals surface area contributed by atoms with E-state index in [9.17, 15) is 5.11 Å². The van der Waals surface area contributed by atoms with Gasteiger partial charge in [0.2, 0.25) is 0 Å². The van der Waals surface area contributed by atoms with Crippen LogP contribution in [-0.2, 0) is 0 Å². The lowest BCUT2D eigenvalue weighted by Crippen LogP contribution is -2.60. The predicted molar refractivity (Wildman–Crippen MR) is 45.0 cm³/mol. The van der Waals surface area contributed by atoms with Crippen LogP contribution in [0.25, 0.3) is 0 Å². The molecule has 2 heterocycles. The van der Waals surface area contributed by atoms with Crippen LogP contribution in [-0.4, -0.2) is 28.8 Å². The topological polar surface area (TPSA) is 36.4 Å². The number of hydrogen-bond donors (Lipinski definition) is 1. The van der Waals surface area contributed by atoms with Crippen molar-refractivity contribution in [1.29, 1.82) is 0 Å². The second-order valence-corrected chi connectivity index (χ2v) is 4.04. The van der Waals surface area contributed by atoms with Gasteiger partial charge in [-0.3, -0.25) is 0 Å². The van der Waals surface area contributed by atoms with Gasteiger partial charge in [0.25, 0.3) is 0 Å². The molecular weight excluding hydrogens is 160 g/mol. The maximum Gasteiger partial charge on any atom is 0.185 e. The molecule has 1 aromatic rings. The van der Waals surface area contributed by atoms with Gasteiger partial charge in [-0.2, -0.15) is 0 Å². The first-order chi connectivity index (χ1) is 5.17. The molecule has 3 nitrogen and oxygen atoms in total. The van der Waals surface area contributed by atoms with Crippen LogP contribution in [0.5, 0.6) is 0 Å². The zero-order chi connectivity index (χ0) is 7.90. The smallest absolute Gasteiger partial charge is 0.185 e. The first kappa shape index (κ1) is 7.06. The fourth-order valence-corrected chi connectivity index (χ4v) is 1.93. The van der Waals surface area contributed by atoms with E-state index in [0.29, 0.717) is 13.1 Å². The molecule has 1 aliphatic rings. The summed E-state index contributed by atoms with van der Waals surface area (Å²) in [6.45, 7) is 3.26. The molecule has 1 aliphatic heterocycles. The van der Waals surface area contributed by atoms with Crippen LogP contribution in [0, 0.1) is 0 Å². The minimum atomic E-state index is -0.494. The van der Waals surface area contributed by atoms with Crippen molar-refractivity contribution in [2.24, 2.45) is 0 Å². The predicted octanol–water partition coefficient (Wildman–Crippen LogP) is 0.714. The molecule has 1 N–H and O–H groups in total. The summed E-state index contributed by atoms with van der Waals surface area (Å²) in [4.78, 5) is 6.21. The van der Waals surface area contributed by atoms with Crippen LogP contribution in [0.15, 0.2) is 11.6 Å². The van der Waals surface area contributed by atoms with Crippen LogP contribution in [0.3, 0.4) is 0 Å². The van der Waals surface area contributed by atoms with E-state index in [-0.39, 0.29) is 0 Å². The summed E-state index contributed by atoms with van der Waals surface area (Å²) in [6.07, 6.45) is 1.78. The molecule has 1 fully saturated rings. The Morgan fingerprint density at radius 2 is 2.45 bits per heavy atom. The Bertz CT molecular complexity index is 237. The summed E-state index contributed by atoms with van der Waals surface area (Å²) in [5.41, 5.74) is -0.494. The van der Waals surface area contributed by atoms with Gasteiger partial charge in [0, 0.05) is 11.6 Å². The summed E-state index contributed by atoms with van der Waals surface area (Å²) in [5.74, 6) is 0. The van der Waals surface area contributed by atoms with Crippen molar-refractivity contribution in [1.82, 2.24) is 4.98 Å². The lowest BCUT2D eigenvalue weighted by Gasteiger charge is -2.43. The number of aliphatic hydroxyl groups is 1. The molecule has 0 aliphatic carbocycles. The molecule has 2 rings (SSSR count). The number of nitrogens with zero attached hydrogens (tertiary/aromatic N) is 2. The van der Waals surface area contributed by atoms with Gasteiger partial charge >= 0.3 is 0 Å². The van der Waals surface area contributed by atoms with Gasteiger partial charge < -0.3 is 10.0 Å². The Morgan fingerprint density at radius 3 is 2.91 bits per heavy atom. The third-order valence-corrected chi connectivity index (χ3v) is 2.59. The van der Waals surface area contributed by atoms with Crippen molar-refractivity contribution in [3.05, 3.63) is 11.6 Å². The van der Waals surface area contributed by atoms with Crippen LogP contribution in [0.4, 0.5) is 5.13 Å². The Labute approximate surface area is 69.3 Å². The lowest BCUT2D eigenvalue weighted by atomic mass is 9.98. The molecule has 0 aromatic carbocycles. The van der Waals surface area contributed by atoms with E-state index in [0.717, 1.165) is 5.13 Å². The molecule has 1 saturated heterocycles. The fourth-order valence-electron chi connectivity index (χ4n) is 1.28. The van der Waals surface area contributed by atoms with Gasteiger partial charge in [0.1, 0.15) is 0 Å². The fraction of sp³-hybridized carbons (Fsp3) is 0.571. The molecule has 0 spiro atoms. The van der Waals surface area contributed by atoms with E-state index in [2.05, 4.69) is 9.88 Å². The zero-order valence-corrected chi connectivity index (χ0v) is 7.14. The largest absolute Gasteiger partial charge is 0.386 e. The monoisotopic (exact) mass is 170 g/mol. The first-order valence-electron chi connectivity index (χ1n) is 3.54. The van der Waals surface area contributed by atoms with Gasteiger partial charge in [-0.15, -0.1) is 11.3 Å². The van der Waals surface area contributed by atoms with Crippen molar-refractivity contribution in [3.8, 4) is 0 Å². The summed E-state index contributed by atoms with van der Waals surface area (Å²) >= 11 is 1.61. The molecule has 0 atom stereocenters. The van der Waals surface area contributed by atoms with Crippen LogP contribution < -0.4 is 4.90 Å². The number of rotatable bonds is 1. The molecule has 0 saturated carbocycles. The minimum Gasteiger partial charge on any atom is -0.386 e. The normalized spacial score (nSPS) is 21.5. The van der Waals surface area contributed by atoms with E-state index in [1.165, 1.54) is 0 Å². The maximum absolute atomic E-state index is 9.42. The number of β-amino-alcohol motifs (C(OH)–C–C–N with tert-alkyl or cyclic N) is 1. The second-order valence-electron chi connectivity index (χ2n) is 3.17. The van der Waals surface area contributed by atoms with Gasteiger partial charge in [-0.05, 0) is 6.92 Å². The van der Waals surface area contributed by atoms with Gasteiger partial charge in [-0.1, -0.05) is 0 Å². The van der Waals surface area contributed by atoms with E-state index in [1.54, 1.807) is 17.5 Å². The number of hydrogen-bond acceptors (Lipinski definition) is 4. The summed E-state index contributed by atoms with van der Waals surface area (Å²) in [7, 11) is 0. The SMILES string of the molecule is CC1(O)CN(c2nccs2)C1. The Hall–Kier alpha value is -0.610. The third kappa shape index (κ3) is 1.23.